The van der Waals surface area contributed by atoms with Gasteiger partial charge in [-0.2, -0.15) is 11.8 Å². The van der Waals surface area contributed by atoms with Crippen LogP contribution in [0.5, 0.6) is 0 Å². The van der Waals surface area contributed by atoms with E-state index in [9.17, 15) is 4.79 Å². The van der Waals surface area contributed by atoms with Crippen LogP contribution in [0, 0.1) is 5.41 Å². The lowest BCUT2D eigenvalue weighted by molar-refractivity contribution is -0.135. The first-order chi connectivity index (χ1) is 8.25. The smallest absolute Gasteiger partial charge is 0.227 e. The Morgan fingerprint density at radius 1 is 1.41 bits per heavy atom. The number of carbonyl (C=O) groups is 1. The second-order valence-electron chi connectivity index (χ2n) is 4.55. The summed E-state index contributed by atoms with van der Waals surface area (Å²) in [5.74, 6) is 1.28. The molecule has 0 unspecified atom stereocenters. The van der Waals surface area contributed by atoms with Crippen molar-refractivity contribution in [2.45, 2.75) is 25.7 Å². The van der Waals surface area contributed by atoms with Gasteiger partial charge in [0.1, 0.15) is 0 Å². The van der Waals surface area contributed by atoms with Crippen LogP contribution in [0.1, 0.15) is 25.7 Å². The third kappa shape index (κ3) is 4.48. The maximum absolute atomic E-state index is 12.1. The van der Waals surface area contributed by atoms with Crippen LogP contribution in [0.15, 0.2) is 0 Å². The maximum Gasteiger partial charge on any atom is 0.227 e. The molecule has 5 heteroatoms. The van der Waals surface area contributed by atoms with E-state index in [1.54, 1.807) is 0 Å². The van der Waals surface area contributed by atoms with Crippen molar-refractivity contribution < 1.29 is 9.53 Å². The topological polar surface area (TPSA) is 64.4 Å². The largest absolute Gasteiger partial charge is 0.381 e. The fraction of sp³-hybridized carbons (Fsp3) is 0.917. The van der Waals surface area contributed by atoms with Gasteiger partial charge in [0.05, 0.1) is 5.41 Å². The molecule has 0 spiro atoms. The van der Waals surface area contributed by atoms with Crippen LogP contribution in [-0.2, 0) is 9.53 Å². The van der Waals surface area contributed by atoms with Crippen molar-refractivity contribution >= 4 is 17.7 Å². The Morgan fingerprint density at radius 3 is 2.71 bits per heavy atom. The molecule has 1 heterocycles. The highest BCUT2D eigenvalue weighted by molar-refractivity contribution is 7.98. The number of ether oxygens (including phenoxy) is 1. The number of hydrogen-bond acceptors (Lipinski definition) is 4. The second kappa shape index (κ2) is 7.95. The Bertz CT molecular complexity index is 231. The molecule has 0 bridgehead atoms. The van der Waals surface area contributed by atoms with Crippen molar-refractivity contribution in [3.63, 3.8) is 0 Å². The quantitative estimate of drug-likeness (QED) is 0.670. The zero-order chi connectivity index (χ0) is 12.6. The Balaban J connectivity index is 2.28. The molecule has 1 aliphatic heterocycles. The van der Waals surface area contributed by atoms with E-state index in [0.29, 0.717) is 19.8 Å². The van der Waals surface area contributed by atoms with E-state index in [-0.39, 0.29) is 11.3 Å². The number of nitrogens with one attached hydrogen (secondary N) is 1. The molecule has 1 rings (SSSR count). The van der Waals surface area contributed by atoms with Crippen LogP contribution < -0.4 is 11.1 Å². The fourth-order valence-corrected chi connectivity index (χ4v) is 2.54. The van der Waals surface area contributed by atoms with E-state index in [1.165, 1.54) is 0 Å². The van der Waals surface area contributed by atoms with E-state index in [4.69, 9.17) is 10.5 Å². The van der Waals surface area contributed by atoms with E-state index in [1.807, 2.05) is 11.8 Å². The van der Waals surface area contributed by atoms with E-state index in [2.05, 4.69) is 11.6 Å². The van der Waals surface area contributed by atoms with Gasteiger partial charge < -0.3 is 15.8 Å². The highest BCUT2D eigenvalue weighted by Crippen LogP contribution is 2.29. The first kappa shape index (κ1) is 14.8. The minimum absolute atomic E-state index is 0.118. The van der Waals surface area contributed by atoms with Crippen LogP contribution in [0.2, 0.25) is 0 Å². The standard InChI is InChI=1S/C12H24N2O2S/c1-17-9-3-2-6-14-11(15)12(10-13)4-7-16-8-5-12/h2-10,13H2,1H3,(H,14,15). The molecule has 1 amide bonds. The molecule has 1 fully saturated rings. The number of rotatable bonds is 7. The molecular weight excluding hydrogens is 236 g/mol. The summed E-state index contributed by atoms with van der Waals surface area (Å²) in [6, 6.07) is 0. The van der Waals surface area contributed by atoms with E-state index < -0.39 is 0 Å². The Kier molecular flexibility index (Phi) is 6.92. The van der Waals surface area contributed by atoms with Crippen LogP contribution in [0.3, 0.4) is 0 Å². The molecule has 1 saturated heterocycles. The molecule has 100 valence electrons. The SMILES string of the molecule is CSCCCCNC(=O)C1(CN)CCOCC1. The third-order valence-electron chi connectivity index (χ3n) is 3.38. The number of hydrogen-bond donors (Lipinski definition) is 2. The lowest BCUT2D eigenvalue weighted by Gasteiger charge is -2.34. The summed E-state index contributed by atoms with van der Waals surface area (Å²) in [7, 11) is 0. The predicted molar refractivity (Wildman–Crippen MR) is 72.2 cm³/mol. The molecule has 4 nitrogen and oxygen atoms in total. The summed E-state index contributed by atoms with van der Waals surface area (Å²) >= 11 is 1.84. The molecule has 0 aromatic heterocycles. The minimum Gasteiger partial charge on any atom is -0.381 e. The third-order valence-corrected chi connectivity index (χ3v) is 4.08. The van der Waals surface area contributed by atoms with Gasteiger partial charge in [0.15, 0.2) is 0 Å². The van der Waals surface area contributed by atoms with Gasteiger partial charge >= 0.3 is 0 Å². The van der Waals surface area contributed by atoms with Gasteiger partial charge in [-0.05, 0) is 37.7 Å². The Morgan fingerprint density at radius 2 is 2.12 bits per heavy atom. The van der Waals surface area contributed by atoms with Crippen LogP contribution in [-0.4, -0.2) is 44.2 Å². The maximum atomic E-state index is 12.1. The van der Waals surface area contributed by atoms with Gasteiger partial charge in [0.25, 0.3) is 0 Å². The molecule has 0 saturated carbocycles. The van der Waals surface area contributed by atoms with Gasteiger partial charge in [-0.25, -0.2) is 0 Å². The first-order valence-electron chi connectivity index (χ1n) is 6.30. The number of unbranched alkanes of at least 4 members (excludes halogenated alkanes) is 1. The summed E-state index contributed by atoms with van der Waals surface area (Å²) in [4.78, 5) is 12.1. The van der Waals surface area contributed by atoms with Gasteiger partial charge in [-0.3, -0.25) is 4.79 Å². The van der Waals surface area contributed by atoms with Crippen molar-refractivity contribution in [3.05, 3.63) is 0 Å². The molecule has 1 aliphatic rings. The number of carbonyl (C=O) groups excluding carboxylic acids is 1. The van der Waals surface area contributed by atoms with E-state index in [0.717, 1.165) is 38.0 Å². The molecule has 17 heavy (non-hydrogen) atoms. The monoisotopic (exact) mass is 260 g/mol. The van der Waals surface area contributed by atoms with Crippen LogP contribution >= 0.6 is 11.8 Å². The predicted octanol–water partition coefficient (Wildman–Crippen LogP) is 1.00. The highest BCUT2D eigenvalue weighted by atomic mass is 32.2. The summed E-state index contributed by atoms with van der Waals surface area (Å²) in [5, 5.41) is 3.02. The number of amides is 1. The first-order valence-corrected chi connectivity index (χ1v) is 7.69. The zero-order valence-electron chi connectivity index (χ0n) is 10.7. The molecule has 0 aliphatic carbocycles. The molecular formula is C12H24N2O2S. The lowest BCUT2D eigenvalue weighted by Crippen LogP contribution is -2.49. The average molecular weight is 260 g/mol. The van der Waals surface area contributed by atoms with Crippen molar-refractivity contribution in [1.82, 2.24) is 5.32 Å². The summed E-state index contributed by atoms with van der Waals surface area (Å²) in [5.41, 5.74) is 5.39. The van der Waals surface area contributed by atoms with Crippen molar-refractivity contribution in [3.8, 4) is 0 Å². The van der Waals surface area contributed by atoms with Crippen molar-refractivity contribution in [2.24, 2.45) is 11.1 Å². The summed E-state index contributed by atoms with van der Waals surface area (Å²) in [6.07, 6.45) is 5.80. The summed E-state index contributed by atoms with van der Waals surface area (Å²) in [6.45, 7) is 2.49. The summed E-state index contributed by atoms with van der Waals surface area (Å²) < 4.78 is 5.30. The van der Waals surface area contributed by atoms with E-state index >= 15 is 0 Å². The second-order valence-corrected chi connectivity index (χ2v) is 5.54. The zero-order valence-corrected chi connectivity index (χ0v) is 11.5. The van der Waals surface area contributed by atoms with Gasteiger partial charge in [0, 0.05) is 26.3 Å². The van der Waals surface area contributed by atoms with Crippen LogP contribution in [0.25, 0.3) is 0 Å². The van der Waals surface area contributed by atoms with Crippen molar-refractivity contribution in [1.29, 1.82) is 0 Å². The molecule has 3 N–H and O–H groups in total. The average Bonchev–Trinajstić information content (AvgIpc) is 2.39. The Labute approximate surface area is 108 Å². The molecule has 0 aromatic carbocycles. The van der Waals surface area contributed by atoms with Gasteiger partial charge in [-0.15, -0.1) is 0 Å². The fourth-order valence-electron chi connectivity index (χ4n) is 2.05. The number of thioether (sulfide) groups is 1. The lowest BCUT2D eigenvalue weighted by atomic mass is 9.79. The number of nitrogens with two attached hydrogens (primary N) is 1. The highest BCUT2D eigenvalue weighted by Gasteiger charge is 2.38. The molecule has 0 aromatic rings. The molecule has 0 atom stereocenters. The normalized spacial score (nSPS) is 18.9. The molecule has 0 radical (unpaired) electrons. The van der Waals surface area contributed by atoms with Gasteiger partial charge in [-0.1, -0.05) is 0 Å². The van der Waals surface area contributed by atoms with Crippen molar-refractivity contribution in [2.75, 3.05) is 38.3 Å². The van der Waals surface area contributed by atoms with Gasteiger partial charge in [0.2, 0.25) is 5.91 Å². The van der Waals surface area contributed by atoms with Crippen LogP contribution in [0.4, 0.5) is 0 Å². The minimum atomic E-state index is -0.377. The Hall–Kier alpha value is -0.260.